The number of benzene rings is 2. The number of carbonyl (C=O) groups excluding carboxylic acids is 1. The van der Waals surface area contributed by atoms with Gasteiger partial charge in [0.25, 0.3) is 0 Å². The van der Waals surface area contributed by atoms with Crippen LogP contribution in [-0.2, 0) is 6.42 Å². The molecule has 0 radical (unpaired) electrons. The van der Waals surface area contributed by atoms with E-state index < -0.39 is 6.17 Å². The predicted molar refractivity (Wildman–Crippen MR) is 124 cm³/mol. The minimum Gasteiger partial charge on any atom is -0.493 e. The van der Waals surface area contributed by atoms with E-state index in [0.717, 1.165) is 34.5 Å². The van der Waals surface area contributed by atoms with Gasteiger partial charge in [0.1, 0.15) is 6.17 Å². The summed E-state index contributed by atoms with van der Waals surface area (Å²) < 4.78 is 24.7. The van der Waals surface area contributed by atoms with Gasteiger partial charge in [-0.05, 0) is 60.7 Å². The standard InChI is InChI=1S/C25H30FN3O3/c1-16-11-18-12-23(31-3)24(32-4)13-21(18)22(15-29(16)25(30)27-2)17-5-7-20(8-6-17)28-10-9-19(26)14-28/h5-8,12-13,15-16,19H,9-11,14H2,1-4H3,(H,27,30)/t16-,19-/m1/s1. The molecule has 0 bridgehead atoms. The number of methoxy groups -OCH3 is 2. The van der Waals surface area contributed by atoms with Crippen LogP contribution >= 0.6 is 0 Å². The lowest BCUT2D eigenvalue weighted by molar-refractivity contribution is 0.205. The molecule has 0 aliphatic carbocycles. The number of fused-ring (bicyclic) bond motifs is 1. The van der Waals surface area contributed by atoms with E-state index >= 15 is 0 Å². The Morgan fingerprint density at radius 1 is 1.12 bits per heavy atom. The fourth-order valence-electron chi connectivity index (χ4n) is 4.52. The second-order valence-corrected chi connectivity index (χ2v) is 8.30. The Labute approximate surface area is 188 Å². The Balaban J connectivity index is 1.80. The maximum atomic E-state index is 13.6. The Morgan fingerprint density at radius 3 is 2.41 bits per heavy atom. The Kier molecular flexibility index (Phi) is 6.26. The fourth-order valence-corrected chi connectivity index (χ4v) is 4.52. The second-order valence-electron chi connectivity index (χ2n) is 8.30. The van der Waals surface area contributed by atoms with Crippen molar-refractivity contribution in [2.75, 3.05) is 39.3 Å². The van der Waals surface area contributed by atoms with Gasteiger partial charge in [-0.15, -0.1) is 0 Å². The van der Waals surface area contributed by atoms with Crippen LogP contribution in [0.2, 0.25) is 0 Å². The lowest BCUT2D eigenvalue weighted by atomic mass is 9.92. The number of anilines is 1. The first-order valence-electron chi connectivity index (χ1n) is 10.9. The molecule has 0 spiro atoms. The monoisotopic (exact) mass is 439 g/mol. The topological polar surface area (TPSA) is 54.0 Å². The molecular formula is C25H30FN3O3. The van der Waals surface area contributed by atoms with Crippen LogP contribution in [0.25, 0.3) is 5.57 Å². The molecule has 2 aromatic rings. The van der Waals surface area contributed by atoms with Crippen molar-refractivity contribution in [1.82, 2.24) is 10.2 Å². The lowest BCUT2D eigenvalue weighted by Gasteiger charge is -2.24. The third-order valence-electron chi connectivity index (χ3n) is 6.28. The molecule has 2 atom stereocenters. The molecule has 2 aliphatic rings. The molecule has 7 heteroatoms. The number of rotatable bonds is 4. The first kappa shape index (κ1) is 22.0. The van der Waals surface area contributed by atoms with Crippen LogP contribution in [0.5, 0.6) is 11.5 Å². The van der Waals surface area contributed by atoms with Gasteiger partial charge < -0.3 is 19.7 Å². The first-order valence-corrected chi connectivity index (χ1v) is 10.9. The number of alkyl halides is 1. The summed E-state index contributed by atoms with van der Waals surface area (Å²) in [6, 6.07) is 11.9. The van der Waals surface area contributed by atoms with Crippen LogP contribution < -0.4 is 19.7 Å². The number of urea groups is 1. The molecule has 0 aromatic heterocycles. The quantitative estimate of drug-likeness (QED) is 0.775. The summed E-state index contributed by atoms with van der Waals surface area (Å²) in [4.78, 5) is 16.4. The predicted octanol–water partition coefficient (Wildman–Crippen LogP) is 4.23. The summed E-state index contributed by atoms with van der Waals surface area (Å²) in [6.45, 7) is 3.19. The van der Waals surface area contributed by atoms with Crippen molar-refractivity contribution >= 4 is 17.3 Å². The van der Waals surface area contributed by atoms with Gasteiger partial charge in [-0.3, -0.25) is 4.90 Å². The molecule has 0 unspecified atom stereocenters. The summed E-state index contributed by atoms with van der Waals surface area (Å²) in [6.07, 6.45) is 2.38. The van der Waals surface area contributed by atoms with Crippen molar-refractivity contribution < 1.29 is 18.7 Å². The Bertz CT molecular complexity index is 1020. The minimum atomic E-state index is -0.767. The number of amides is 2. The minimum absolute atomic E-state index is 0.0466. The number of ether oxygens (including phenoxy) is 2. The van der Waals surface area contributed by atoms with Crippen molar-refractivity contribution in [2.24, 2.45) is 0 Å². The van der Waals surface area contributed by atoms with E-state index in [4.69, 9.17) is 9.47 Å². The van der Waals surface area contributed by atoms with Gasteiger partial charge in [0.15, 0.2) is 11.5 Å². The van der Waals surface area contributed by atoms with Crippen molar-refractivity contribution in [3.8, 4) is 11.5 Å². The third kappa shape index (κ3) is 4.11. The third-order valence-corrected chi connectivity index (χ3v) is 6.28. The molecule has 32 heavy (non-hydrogen) atoms. The van der Waals surface area contributed by atoms with Gasteiger partial charge in [0.05, 0.1) is 14.2 Å². The number of carbonyl (C=O) groups is 1. The summed E-state index contributed by atoms with van der Waals surface area (Å²) in [5.74, 6) is 1.30. The van der Waals surface area contributed by atoms with Gasteiger partial charge in [-0.25, -0.2) is 9.18 Å². The second kappa shape index (κ2) is 9.10. The van der Waals surface area contributed by atoms with Gasteiger partial charge in [-0.1, -0.05) is 12.1 Å². The molecule has 2 amide bonds. The van der Waals surface area contributed by atoms with Gasteiger partial charge in [0.2, 0.25) is 0 Å². The SMILES string of the molecule is CNC(=O)N1C=C(c2ccc(N3CC[C@@H](F)C3)cc2)c2cc(OC)c(OC)cc2C[C@H]1C. The van der Waals surface area contributed by atoms with Crippen LogP contribution in [0, 0.1) is 0 Å². The summed E-state index contributed by atoms with van der Waals surface area (Å²) >= 11 is 0. The summed E-state index contributed by atoms with van der Waals surface area (Å²) in [5.41, 5.74) is 4.98. The highest BCUT2D eigenvalue weighted by atomic mass is 19.1. The highest BCUT2D eigenvalue weighted by molar-refractivity contribution is 5.87. The van der Waals surface area contributed by atoms with Crippen LogP contribution in [0.1, 0.15) is 30.0 Å². The van der Waals surface area contributed by atoms with Crippen LogP contribution in [0.15, 0.2) is 42.6 Å². The maximum Gasteiger partial charge on any atom is 0.321 e. The van der Waals surface area contributed by atoms with Crippen LogP contribution in [0.3, 0.4) is 0 Å². The normalized spacial score (nSPS) is 20.3. The van der Waals surface area contributed by atoms with Crippen molar-refractivity contribution in [1.29, 1.82) is 0 Å². The smallest absolute Gasteiger partial charge is 0.321 e. The lowest BCUT2D eigenvalue weighted by Crippen LogP contribution is -2.40. The van der Waals surface area contributed by atoms with E-state index in [1.165, 1.54) is 0 Å². The number of nitrogens with zero attached hydrogens (tertiary/aromatic N) is 2. The summed E-state index contributed by atoms with van der Waals surface area (Å²) in [7, 11) is 4.87. The number of hydrogen-bond donors (Lipinski definition) is 1. The zero-order chi connectivity index (χ0) is 22.8. The molecule has 4 rings (SSSR count). The van der Waals surface area contributed by atoms with Gasteiger partial charge in [0, 0.05) is 43.6 Å². The van der Waals surface area contributed by atoms with E-state index in [-0.39, 0.29) is 12.1 Å². The molecule has 1 saturated heterocycles. The van der Waals surface area contributed by atoms with Crippen molar-refractivity contribution in [2.45, 2.75) is 32.0 Å². The molecule has 2 aromatic carbocycles. The molecule has 0 saturated carbocycles. The maximum absolute atomic E-state index is 13.6. The molecule has 6 nitrogen and oxygen atoms in total. The largest absolute Gasteiger partial charge is 0.493 e. The van der Waals surface area contributed by atoms with E-state index in [9.17, 15) is 9.18 Å². The Hall–Kier alpha value is -3.22. The van der Waals surface area contributed by atoms with Gasteiger partial charge >= 0.3 is 6.03 Å². The molecule has 2 aliphatic heterocycles. The van der Waals surface area contributed by atoms with E-state index in [2.05, 4.69) is 10.2 Å². The molecule has 170 valence electrons. The summed E-state index contributed by atoms with van der Waals surface area (Å²) in [5, 5.41) is 2.74. The molecule has 1 N–H and O–H groups in total. The number of nitrogens with one attached hydrogen (secondary N) is 1. The van der Waals surface area contributed by atoms with Crippen molar-refractivity contribution in [3.63, 3.8) is 0 Å². The average Bonchev–Trinajstić information content (AvgIpc) is 3.19. The fraction of sp³-hybridized carbons (Fsp3) is 0.400. The van der Waals surface area contributed by atoms with E-state index in [0.29, 0.717) is 30.9 Å². The zero-order valence-electron chi connectivity index (χ0n) is 19.0. The zero-order valence-corrected chi connectivity index (χ0v) is 19.0. The van der Waals surface area contributed by atoms with Crippen molar-refractivity contribution in [3.05, 3.63) is 59.3 Å². The molecule has 2 heterocycles. The molecule has 1 fully saturated rings. The van der Waals surface area contributed by atoms with Gasteiger partial charge in [-0.2, -0.15) is 0 Å². The highest BCUT2D eigenvalue weighted by Crippen LogP contribution is 2.39. The first-order chi connectivity index (χ1) is 15.4. The average molecular weight is 440 g/mol. The van der Waals surface area contributed by atoms with E-state index in [1.54, 1.807) is 26.2 Å². The molecular weight excluding hydrogens is 409 g/mol. The highest BCUT2D eigenvalue weighted by Gasteiger charge is 2.27. The number of hydrogen-bond acceptors (Lipinski definition) is 4. The Morgan fingerprint density at radius 2 is 1.81 bits per heavy atom. The number of halogens is 1. The van der Waals surface area contributed by atoms with E-state index in [1.807, 2.05) is 49.5 Å². The van der Waals surface area contributed by atoms with Crippen LogP contribution in [-0.4, -0.2) is 57.5 Å². The van der Waals surface area contributed by atoms with Crippen LogP contribution in [0.4, 0.5) is 14.9 Å².